The number of fused-ring (bicyclic) bond motifs is 3. The number of halogens is 6. The summed E-state index contributed by atoms with van der Waals surface area (Å²) in [4.78, 5) is 14.9. The molecule has 2 heterocycles. The Balaban J connectivity index is 1.33. The third-order valence-corrected chi connectivity index (χ3v) is 11.1. The molecule has 63 heavy (non-hydrogen) atoms. The quantitative estimate of drug-likeness (QED) is 0.150. The Hall–Kier alpha value is -7.85. The Labute approximate surface area is 357 Å². The molecule has 0 unspecified atom stereocenters. The van der Waals surface area contributed by atoms with Gasteiger partial charge in [0.1, 0.15) is 0 Å². The summed E-state index contributed by atoms with van der Waals surface area (Å²) in [6.45, 7) is 0. The molecule has 10 rings (SSSR count). The van der Waals surface area contributed by atoms with Gasteiger partial charge in [-0.15, -0.1) is 0 Å². The van der Waals surface area contributed by atoms with Crippen molar-refractivity contribution in [1.29, 1.82) is 0 Å². The lowest BCUT2D eigenvalue weighted by atomic mass is 9.95. The molecule has 0 aliphatic carbocycles. The van der Waals surface area contributed by atoms with E-state index in [-0.39, 0.29) is 17.5 Å². The van der Waals surface area contributed by atoms with E-state index in [2.05, 4.69) is 0 Å². The molecule has 0 atom stereocenters. The van der Waals surface area contributed by atoms with Crippen LogP contribution in [-0.2, 0) is 12.4 Å². The van der Waals surface area contributed by atoms with E-state index < -0.39 is 29.0 Å². The number of hydrogen-bond donors (Lipinski definition) is 0. The summed E-state index contributed by atoms with van der Waals surface area (Å²) in [7, 11) is 0. The standard InChI is InChI=1S/C53H32F6N4/c54-52(55,56)40-24-28-41(45(32-40)53(57,58)59)39-23-27-44(51-61-49(35-17-9-3-10-18-35)60-50(62-51)36-19-11-4-12-20-36)48(31-39)63-46-29-37(33-13-5-1-6-14-33)21-25-42(46)43-26-22-38(30-47(43)63)34-15-7-2-8-16-34/h1-32H. The summed E-state index contributed by atoms with van der Waals surface area (Å²) in [6.07, 6.45) is -10.1. The fourth-order valence-corrected chi connectivity index (χ4v) is 8.11. The van der Waals surface area contributed by atoms with Crippen molar-refractivity contribution < 1.29 is 26.3 Å². The van der Waals surface area contributed by atoms with Gasteiger partial charge in [-0.2, -0.15) is 26.3 Å². The molecule has 0 fully saturated rings. The minimum atomic E-state index is -5.11. The molecule has 0 aliphatic heterocycles. The van der Waals surface area contributed by atoms with E-state index in [0.717, 1.165) is 50.1 Å². The van der Waals surface area contributed by atoms with E-state index in [1.165, 1.54) is 6.07 Å². The maximum absolute atomic E-state index is 14.9. The lowest BCUT2D eigenvalue weighted by molar-refractivity contribution is -0.142. The monoisotopic (exact) mass is 838 g/mol. The Kier molecular flexibility index (Phi) is 9.71. The topological polar surface area (TPSA) is 43.6 Å². The zero-order valence-corrected chi connectivity index (χ0v) is 33.0. The molecule has 0 aliphatic rings. The molecule has 306 valence electrons. The van der Waals surface area contributed by atoms with Gasteiger partial charge < -0.3 is 4.57 Å². The maximum atomic E-state index is 14.9. The Morgan fingerprint density at radius 3 is 1.22 bits per heavy atom. The van der Waals surface area contributed by atoms with Crippen LogP contribution in [0.2, 0.25) is 0 Å². The van der Waals surface area contributed by atoms with Crippen LogP contribution in [0.5, 0.6) is 0 Å². The second-order valence-corrected chi connectivity index (χ2v) is 15.1. The lowest BCUT2D eigenvalue weighted by Gasteiger charge is -2.19. The lowest BCUT2D eigenvalue weighted by Crippen LogP contribution is -2.12. The van der Waals surface area contributed by atoms with E-state index in [1.807, 2.05) is 162 Å². The number of aromatic nitrogens is 4. The summed E-state index contributed by atoms with van der Waals surface area (Å²) < 4.78 is 88.3. The molecule has 2 aromatic heterocycles. The smallest absolute Gasteiger partial charge is 0.308 e. The van der Waals surface area contributed by atoms with Crippen LogP contribution in [0.25, 0.3) is 95.0 Å². The van der Waals surface area contributed by atoms with Crippen molar-refractivity contribution in [3.8, 4) is 73.2 Å². The Morgan fingerprint density at radius 1 is 0.333 bits per heavy atom. The van der Waals surface area contributed by atoms with Crippen LogP contribution in [-0.4, -0.2) is 19.5 Å². The summed E-state index contributed by atoms with van der Waals surface area (Å²) in [6, 6.07) is 57.1. The predicted molar refractivity (Wildman–Crippen MR) is 237 cm³/mol. The zero-order valence-electron chi connectivity index (χ0n) is 33.0. The van der Waals surface area contributed by atoms with Gasteiger partial charge in [-0.25, -0.2) is 15.0 Å². The summed E-state index contributed by atoms with van der Waals surface area (Å²) in [5, 5.41) is 1.74. The van der Waals surface area contributed by atoms with Crippen molar-refractivity contribution in [2.45, 2.75) is 12.4 Å². The van der Waals surface area contributed by atoms with Crippen molar-refractivity contribution in [3.05, 3.63) is 205 Å². The third-order valence-electron chi connectivity index (χ3n) is 11.1. The summed E-state index contributed by atoms with van der Waals surface area (Å²) >= 11 is 0. The highest BCUT2D eigenvalue weighted by atomic mass is 19.4. The minimum Gasteiger partial charge on any atom is -0.308 e. The van der Waals surface area contributed by atoms with Gasteiger partial charge in [-0.3, -0.25) is 0 Å². The second kappa shape index (κ2) is 15.6. The normalized spacial score (nSPS) is 12.0. The SMILES string of the molecule is FC(F)(F)c1ccc(-c2ccc(-c3nc(-c4ccccc4)nc(-c4ccccc4)n3)c(-n3c4cc(-c5ccccc5)ccc4c4ccc(-c5ccccc5)cc43)c2)c(C(F)(F)F)c1. The average molecular weight is 839 g/mol. The van der Waals surface area contributed by atoms with Crippen molar-refractivity contribution in [1.82, 2.24) is 19.5 Å². The predicted octanol–water partition coefficient (Wildman–Crippen LogP) is 15.0. The molecule has 0 saturated carbocycles. The van der Waals surface area contributed by atoms with Gasteiger partial charge in [0.15, 0.2) is 17.5 Å². The van der Waals surface area contributed by atoms with E-state index >= 15 is 0 Å². The van der Waals surface area contributed by atoms with Crippen LogP contribution in [0, 0.1) is 0 Å². The van der Waals surface area contributed by atoms with Gasteiger partial charge in [0, 0.05) is 27.5 Å². The van der Waals surface area contributed by atoms with Gasteiger partial charge in [0.25, 0.3) is 0 Å². The molecular formula is C53H32F6N4. The highest BCUT2D eigenvalue weighted by molar-refractivity contribution is 6.11. The molecule has 8 aromatic carbocycles. The van der Waals surface area contributed by atoms with Crippen LogP contribution < -0.4 is 0 Å². The fraction of sp³-hybridized carbons (Fsp3) is 0.0377. The second-order valence-electron chi connectivity index (χ2n) is 15.1. The number of benzene rings is 8. The third kappa shape index (κ3) is 7.50. The van der Waals surface area contributed by atoms with Gasteiger partial charge in [-0.05, 0) is 69.8 Å². The summed E-state index contributed by atoms with van der Waals surface area (Å²) in [5.74, 6) is 0.981. The van der Waals surface area contributed by atoms with Crippen LogP contribution in [0.4, 0.5) is 26.3 Å². The largest absolute Gasteiger partial charge is 0.417 e. The van der Waals surface area contributed by atoms with Crippen molar-refractivity contribution in [2.24, 2.45) is 0 Å². The molecule has 0 bridgehead atoms. The van der Waals surface area contributed by atoms with Gasteiger partial charge in [0.2, 0.25) is 0 Å². The molecular weight excluding hydrogens is 807 g/mol. The molecule has 0 spiro atoms. The fourth-order valence-electron chi connectivity index (χ4n) is 8.11. The number of alkyl halides is 6. The first-order chi connectivity index (χ1) is 30.5. The first-order valence-electron chi connectivity index (χ1n) is 20.0. The van der Waals surface area contributed by atoms with E-state index in [0.29, 0.717) is 40.1 Å². The molecule has 4 nitrogen and oxygen atoms in total. The van der Waals surface area contributed by atoms with E-state index in [9.17, 15) is 26.3 Å². The Bertz CT molecular complexity index is 3140. The molecule has 0 saturated heterocycles. The van der Waals surface area contributed by atoms with E-state index in [4.69, 9.17) is 15.0 Å². The molecule has 10 heteroatoms. The zero-order chi connectivity index (χ0) is 43.3. The van der Waals surface area contributed by atoms with Crippen molar-refractivity contribution in [2.75, 3.05) is 0 Å². The highest BCUT2D eigenvalue weighted by Gasteiger charge is 2.38. The number of nitrogens with zero attached hydrogens (tertiary/aromatic N) is 4. The van der Waals surface area contributed by atoms with Crippen LogP contribution in [0.15, 0.2) is 194 Å². The Morgan fingerprint density at radius 2 is 0.762 bits per heavy atom. The first kappa shape index (κ1) is 39.3. The van der Waals surface area contributed by atoms with Crippen LogP contribution >= 0.6 is 0 Å². The minimum absolute atomic E-state index is 0.0452. The summed E-state index contributed by atoms with van der Waals surface area (Å²) in [5.41, 5.74) is 4.28. The molecule has 10 aromatic rings. The van der Waals surface area contributed by atoms with Crippen molar-refractivity contribution >= 4 is 21.8 Å². The number of hydrogen-bond acceptors (Lipinski definition) is 3. The molecule has 0 radical (unpaired) electrons. The van der Waals surface area contributed by atoms with Crippen LogP contribution in [0.1, 0.15) is 11.1 Å². The molecule has 0 amide bonds. The van der Waals surface area contributed by atoms with Gasteiger partial charge in [-0.1, -0.05) is 158 Å². The molecule has 0 N–H and O–H groups in total. The van der Waals surface area contributed by atoms with Gasteiger partial charge >= 0.3 is 12.4 Å². The number of rotatable bonds is 7. The van der Waals surface area contributed by atoms with E-state index in [1.54, 1.807) is 12.1 Å². The highest BCUT2D eigenvalue weighted by Crippen LogP contribution is 2.44. The maximum Gasteiger partial charge on any atom is 0.417 e. The van der Waals surface area contributed by atoms with Crippen molar-refractivity contribution in [3.63, 3.8) is 0 Å². The van der Waals surface area contributed by atoms with Crippen LogP contribution in [0.3, 0.4) is 0 Å². The average Bonchev–Trinajstić information content (AvgIpc) is 3.64. The van der Waals surface area contributed by atoms with Gasteiger partial charge in [0.05, 0.1) is 27.8 Å². The first-order valence-corrected chi connectivity index (χ1v) is 20.0.